The Balaban J connectivity index is 1.70. The molecule has 2 heterocycles. The minimum atomic E-state index is -0.0832. The second-order valence-electron chi connectivity index (χ2n) is 7.99. The Morgan fingerprint density at radius 2 is 1.62 bits per heavy atom. The first-order valence-electron chi connectivity index (χ1n) is 9.95. The number of rotatable bonds is 3. The second kappa shape index (κ2) is 6.12. The van der Waals surface area contributed by atoms with Crippen molar-refractivity contribution >= 4 is 11.5 Å². The van der Waals surface area contributed by atoms with Crippen LogP contribution in [-0.4, -0.2) is 22.9 Å². The van der Waals surface area contributed by atoms with Crippen LogP contribution in [0.5, 0.6) is 0 Å². The van der Waals surface area contributed by atoms with Crippen LogP contribution >= 0.6 is 0 Å². The Morgan fingerprint density at radius 1 is 0.923 bits per heavy atom. The Labute approximate surface area is 155 Å². The number of amides is 1. The maximum Gasteiger partial charge on any atom is 0.255 e. The van der Waals surface area contributed by atoms with Crippen molar-refractivity contribution in [2.45, 2.75) is 44.1 Å². The summed E-state index contributed by atoms with van der Waals surface area (Å²) in [5.41, 5.74) is 4.81. The molecule has 1 saturated carbocycles. The van der Waals surface area contributed by atoms with Crippen LogP contribution in [0.15, 0.2) is 66.2 Å². The summed E-state index contributed by atoms with van der Waals surface area (Å²) in [7, 11) is 0. The van der Waals surface area contributed by atoms with Crippen LogP contribution in [0.25, 0.3) is 5.57 Å². The van der Waals surface area contributed by atoms with Gasteiger partial charge in [-0.2, -0.15) is 0 Å². The number of piperidine rings is 1. The van der Waals surface area contributed by atoms with E-state index in [4.69, 9.17) is 0 Å². The molecule has 2 aliphatic heterocycles. The van der Waals surface area contributed by atoms with E-state index in [-0.39, 0.29) is 11.4 Å². The fourth-order valence-corrected chi connectivity index (χ4v) is 5.73. The molecular weight excluding hydrogens is 318 g/mol. The van der Waals surface area contributed by atoms with Gasteiger partial charge in [-0.3, -0.25) is 4.79 Å². The number of hydrogen-bond donors (Lipinski definition) is 0. The van der Waals surface area contributed by atoms with Crippen LogP contribution in [-0.2, 0) is 11.2 Å². The first kappa shape index (κ1) is 15.9. The summed E-state index contributed by atoms with van der Waals surface area (Å²) >= 11 is 0. The highest BCUT2D eigenvalue weighted by molar-refractivity contribution is 6.23. The van der Waals surface area contributed by atoms with Crippen molar-refractivity contribution < 1.29 is 4.79 Å². The lowest BCUT2D eigenvalue weighted by Gasteiger charge is -2.52. The molecule has 132 valence electrons. The van der Waals surface area contributed by atoms with Gasteiger partial charge in [-0.1, -0.05) is 60.7 Å². The highest BCUT2D eigenvalue weighted by Gasteiger charge is 2.57. The highest BCUT2D eigenvalue weighted by Crippen LogP contribution is 2.55. The summed E-state index contributed by atoms with van der Waals surface area (Å²) in [4.78, 5) is 15.8. The summed E-state index contributed by atoms with van der Waals surface area (Å²) < 4.78 is 0. The molecule has 0 aromatic heterocycles. The predicted molar refractivity (Wildman–Crippen MR) is 105 cm³/mol. The van der Waals surface area contributed by atoms with E-state index in [1.165, 1.54) is 30.4 Å². The Kier molecular flexibility index (Phi) is 3.74. The molecule has 2 fully saturated rings. The molecule has 0 bridgehead atoms. The molecule has 2 aromatic rings. The summed E-state index contributed by atoms with van der Waals surface area (Å²) in [5.74, 6) is 0.874. The predicted octanol–water partition coefficient (Wildman–Crippen LogP) is 4.86. The van der Waals surface area contributed by atoms with Crippen molar-refractivity contribution in [3.05, 3.63) is 77.4 Å². The second-order valence-corrected chi connectivity index (χ2v) is 7.99. The molecule has 1 amide bonds. The molecule has 3 aliphatic rings. The van der Waals surface area contributed by atoms with Gasteiger partial charge in [0.1, 0.15) is 0 Å². The molecule has 2 aromatic carbocycles. The van der Waals surface area contributed by atoms with Gasteiger partial charge in [-0.25, -0.2) is 0 Å². The average molecular weight is 343 g/mol. The minimum absolute atomic E-state index is 0.0832. The third-order valence-electron chi connectivity index (χ3n) is 6.73. The van der Waals surface area contributed by atoms with Crippen LogP contribution in [0, 0.1) is 5.92 Å². The van der Waals surface area contributed by atoms with E-state index in [2.05, 4.69) is 59.5 Å². The molecule has 0 spiro atoms. The van der Waals surface area contributed by atoms with Crippen molar-refractivity contribution in [3.63, 3.8) is 0 Å². The lowest BCUT2D eigenvalue weighted by molar-refractivity contribution is -0.132. The number of nitrogens with zero attached hydrogens (tertiary/aromatic N) is 1. The van der Waals surface area contributed by atoms with E-state index in [9.17, 15) is 4.79 Å². The summed E-state index contributed by atoms with van der Waals surface area (Å²) in [6.45, 7) is 0.905. The molecule has 2 unspecified atom stereocenters. The van der Waals surface area contributed by atoms with E-state index >= 15 is 0 Å². The zero-order valence-corrected chi connectivity index (χ0v) is 15.2. The quantitative estimate of drug-likeness (QED) is 0.779. The van der Waals surface area contributed by atoms with E-state index in [1.54, 1.807) is 0 Å². The van der Waals surface area contributed by atoms with Gasteiger partial charge in [0.15, 0.2) is 0 Å². The van der Waals surface area contributed by atoms with Gasteiger partial charge in [0, 0.05) is 12.1 Å². The van der Waals surface area contributed by atoms with Crippen molar-refractivity contribution in [1.29, 1.82) is 0 Å². The van der Waals surface area contributed by atoms with Gasteiger partial charge >= 0.3 is 0 Å². The number of hydrogen-bond acceptors (Lipinski definition) is 1. The summed E-state index contributed by atoms with van der Waals surface area (Å²) in [6, 6.07) is 21.1. The molecule has 2 heteroatoms. The molecule has 26 heavy (non-hydrogen) atoms. The molecule has 2 atom stereocenters. The molecule has 0 N–H and O–H groups in total. The third-order valence-corrected chi connectivity index (χ3v) is 6.73. The smallest absolute Gasteiger partial charge is 0.255 e. The van der Waals surface area contributed by atoms with Crippen LogP contribution in [0.3, 0.4) is 0 Å². The molecular formula is C24H25NO. The summed E-state index contributed by atoms with van der Waals surface area (Å²) in [6.07, 6.45) is 6.90. The minimum Gasteiger partial charge on any atom is -0.329 e. The number of benzene rings is 2. The maximum atomic E-state index is 13.5. The highest BCUT2D eigenvalue weighted by atomic mass is 16.2. The lowest BCUT2D eigenvalue weighted by Crippen LogP contribution is -2.59. The SMILES string of the molecule is O=C1C(c2ccccc2)=C2CCCC3CCCN1C23Cc1ccccc1. The molecule has 1 aliphatic carbocycles. The van der Waals surface area contributed by atoms with Gasteiger partial charge < -0.3 is 4.90 Å². The van der Waals surface area contributed by atoms with E-state index in [1.807, 2.05) is 6.07 Å². The average Bonchev–Trinajstić information content (AvgIpc) is 2.93. The lowest BCUT2D eigenvalue weighted by atomic mass is 9.63. The Morgan fingerprint density at radius 3 is 2.38 bits per heavy atom. The van der Waals surface area contributed by atoms with Gasteiger partial charge in [-0.05, 0) is 61.1 Å². The van der Waals surface area contributed by atoms with Gasteiger partial charge in [0.05, 0.1) is 5.54 Å². The molecule has 1 saturated heterocycles. The number of carbonyl (C=O) groups excluding carboxylic acids is 1. The van der Waals surface area contributed by atoms with Crippen molar-refractivity contribution in [2.24, 2.45) is 5.92 Å². The fourth-order valence-electron chi connectivity index (χ4n) is 5.73. The number of carbonyl (C=O) groups is 1. The van der Waals surface area contributed by atoms with Crippen LogP contribution in [0.2, 0.25) is 0 Å². The molecule has 0 radical (unpaired) electrons. The van der Waals surface area contributed by atoms with Crippen LogP contribution in [0.4, 0.5) is 0 Å². The Bertz CT molecular complexity index is 852. The van der Waals surface area contributed by atoms with Crippen LogP contribution in [0.1, 0.15) is 43.2 Å². The van der Waals surface area contributed by atoms with E-state index in [0.29, 0.717) is 5.92 Å². The summed E-state index contributed by atoms with van der Waals surface area (Å²) in [5, 5.41) is 0. The Hall–Kier alpha value is -2.35. The topological polar surface area (TPSA) is 20.3 Å². The largest absolute Gasteiger partial charge is 0.329 e. The third kappa shape index (κ3) is 2.21. The normalized spacial score (nSPS) is 27.6. The van der Waals surface area contributed by atoms with Crippen molar-refractivity contribution in [3.8, 4) is 0 Å². The van der Waals surface area contributed by atoms with E-state index in [0.717, 1.165) is 36.9 Å². The van der Waals surface area contributed by atoms with Gasteiger partial charge in [-0.15, -0.1) is 0 Å². The monoisotopic (exact) mass is 343 g/mol. The molecule has 2 nitrogen and oxygen atoms in total. The zero-order chi connectivity index (χ0) is 17.6. The molecule has 5 rings (SSSR count). The zero-order valence-electron chi connectivity index (χ0n) is 15.2. The van der Waals surface area contributed by atoms with Gasteiger partial charge in [0.25, 0.3) is 5.91 Å². The van der Waals surface area contributed by atoms with E-state index < -0.39 is 0 Å². The maximum absolute atomic E-state index is 13.5. The first-order chi connectivity index (χ1) is 12.8. The van der Waals surface area contributed by atoms with Crippen molar-refractivity contribution in [2.75, 3.05) is 6.54 Å². The van der Waals surface area contributed by atoms with Crippen LogP contribution < -0.4 is 0 Å². The standard InChI is InChI=1S/C24H25NO/c26-23-22(19-11-5-2-6-12-19)21-15-7-13-20-14-8-16-25(23)24(20,21)17-18-9-3-1-4-10-18/h1-6,9-12,20H,7-8,13-17H2. The first-order valence-corrected chi connectivity index (χ1v) is 9.95. The van der Waals surface area contributed by atoms with Gasteiger partial charge in [0.2, 0.25) is 0 Å². The fraction of sp³-hybridized carbons (Fsp3) is 0.375. The van der Waals surface area contributed by atoms with Crippen molar-refractivity contribution in [1.82, 2.24) is 4.90 Å².